The molecule has 1 rings (SSSR count). The van der Waals surface area contributed by atoms with E-state index in [2.05, 4.69) is 5.32 Å². The van der Waals surface area contributed by atoms with Gasteiger partial charge in [0.2, 0.25) is 5.91 Å². The third-order valence-electron chi connectivity index (χ3n) is 2.05. The van der Waals surface area contributed by atoms with Crippen LogP contribution in [-0.2, 0) is 9.59 Å². The molecule has 90 valence electrons. The van der Waals surface area contributed by atoms with Gasteiger partial charge >= 0.3 is 5.97 Å². The molecule has 0 bridgehead atoms. The van der Waals surface area contributed by atoms with Crippen LogP contribution in [0.2, 0.25) is 0 Å². The number of rotatable bonds is 4. The van der Waals surface area contributed by atoms with Crippen molar-refractivity contribution in [2.24, 2.45) is 0 Å². The molecule has 5 heteroatoms. The van der Waals surface area contributed by atoms with Gasteiger partial charge in [-0.15, -0.1) is 0 Å². The van der Waals surface area contributed by atoms with Gasteiger partial charge in [0, 0.05) is 6.08 Å². The number of phenolic OH excluding ortho intramolecular Hbond substituents is 1. The van der Waals surface area contributed by atoms with Crippen molar-refractivity contribution < 1.29 is 19.8 Å². The lowest BCUT2D eigenvalue weighted by Gasteiger charge is -2.05. The first-order chi connectivity index (χ1) is 7.99. The minimum atomic E-state index is -1.09. The Balaban J connectivity index is 2.56. The fourth-order valence-corrected chi connectivity index (χ4v) is 1.08. The number of hydrogen-bond acceptors (Lipinski definition) is 3. The van der Waals surface area contributed by atoms with Crippen LogP contribution in [0.15, 0.2) is 30.3 Å². The van der Waals surface area contributed by atoms with Gasteiger partial charge in [-0.1, -0.05) is 12.1 Å². The largest absolute Gasteiger partial charge is 0.508 e. The highest BCUT2D eigenvalue weighted by Gasteiger charge is 2.11. The van der Waals surface area contributed by atoms with Crippen LogP contribution in [0.4, 0.5) is 0 Å². The zero-order valence-corrected chi connectivity index (χ0v) is 9.25. The Kier molecular flexibility index (Phi) is 4.28. The van der Waals surface area contributed by atoms with Gasteiger partial charge in [0.25, 0.3) is 0 Å². The third kappa shape index (κ3) is 4.38. The molecule has 17 heavy (non-hydrogen) atoms. The molecule has 0 spiro atoms. The molecule has 0 fully saturated rings. The molecule has 3 N–H and O–H groups in total. The Bertz CT molecular complexity index is 436. The SMILES string of the molecule is CC(NC(=O)/C=C/c1ccc(O)cc1)C(=O)O. The van der Waals surface area contributed by atoms with E-state index in [9.17, 15) is 9.59 Å². The van der Waals surface area contributed by atoms with E-state index in [1.165, 1.54) is 31.2 Å². The van der Waals surface area contributed by atoms with E-state index in [1.807, 2.05) is 0 Å². The van der Waals surface area contributed by atoms with Crippen LogP contribution in [0.25, 0.3) is 6.08 Å². The van der Waals surface area contributed by atoms with Crippen LogP contribution in [0, 0.1) is 0 Å². The van der Waals surface area contributed by atoms with E-state index >= 15 is 0 Å². The van der Waals surface area contributed by atoms with Crippen molar-refractivity contribution in [3.63, 3.8) is 0 Å². The van der Waals surface area contributed by atoms with Crippen LogP contribution in [0.5, 0.6) is 5.75 Å². The van der Waals surface area contributed by atoms with E-state index < -0.39 is 17.9 Å². The number of aromatic hydroxyl groups is 1. The molecule has 5 nitrogen and oxygen atoms in total. The van der Waals surface area contributed by atoms with Crippen LogP contribution >= 0.6 is 0 Å². The molecule has 0 aliphatic carbocycles. The van der Waals surface area contributed by atoms with Crippen LogP contribution in [0.1, 0.15) is 12.5 Å². The Hall–Kier alpha value is -2.30. The summed E-state index contributed by atoms with van der Waals surface area (Å²) in [5.74, 6) is -1.42. The van der Waals surface area contributed by atoms with Crippen molar-refractivity contribution in [2.45, 2.75) is 13.0 Å². The average Bonchev–Trinajstić information content (AvgIpc) is 2.28. The van der Waals surface area contributed by atoms with E-state index in [0.29, 0.717) is 0 Å². The highest BCUT2D eigenvalue weighted by atomic mass is 16.4. The number of carbonyl (C=O) groups is 2. The molecule has 0 heterocycles. The second kappa shape index (κ2) is 5.69. The molecule has 1 aromatic rings. The molecule has 0 saturated carbocycles. The maximum absolute atomic E-state index is 11.3. The fourth-order valence-electron chi connectivity index (χ4n) is 1.08. The molecule has 1 unspecified atom stereocenters. The third-order valence-corrected chi connectivity index (χ3v) is 2.05. The molecule has 1 amide bonds. The summed E-state index contributed by atoms with van der Waals surface area (Å²) >= 11 is 0. The van der Waals surface area contributed by atoms with E-state index in [-0.39, 0.29) is 5.75 Å². The van der Waals surface area contributed by atoms with Gasteiger partial charge in [-0.25, -0.2) is 0 Å². The molecule has 0 aliphatic heterocycles. The van der Waals surface area contributed by atoms with E-state index in [0.717, 1.165) is 5.56 Å². The maximum Gasteiger partial charge on any atom is 0.325 e. The number of carboxylic acids is 1. The van der Waals surface area contributed by atoms with Crippen molar-refractivity contribution in [3.8, 4) is 5.75 Å². The molecule has 0 saturated heterocycles. The second-order valence-corrected chi connectivity index (χ2v) is 3.49. The van der Waals surface area contributed by atoms with Crippen LogP contribution in [0.3, 0.4) is 0 Å². The van der Waals surface area contributed by atoms with Gasteiger partial charge in [-0.3, -0.25) is 9.59 Å². The topological polar surface area (TPSA) is 86.6 Å². The van der Waals surface area contributed by atoms with E-state index in [1.54, 1.807) is 12.1 Å². The number of benzene rings is 1. The zero-order chi connectivity index (χ0) is 12.8. The highest BCUT2D eigenvalue weighted by Crippen LogP contribution is 2.10. The molecule has 0 aromatic heterocycles. The lowest BCUT2D eigenvalue weighted by Crippen LogP contribution is -2.37. The van der Waals surface area contributed by atoms with Gasteiger partial charge in [0.15, 0.2) is 0 Å². The van der Waals surface area contributed by atoms with Gasteiger partial charge in [-0.05, 0) is 30.7 Å². The first-order valence-corrected chi connectivity index (χ1v) is 4.99. The number of carbonyl (C=O) groups excluding carboxylic acids is 1. The zero-order valence-electron chi connectivity index (χ0n) is 9.25. The second-order valence-electron chi connectivity index (χ2n) is 3.49. The molecule has 0 aliphatic rings. The summed E-state index contributed by atoms with van der Waals surface area (Å²) in [5.41, 5.74) is 0.737. The maximum atomic E-state index is 11.3. The number of hydrogen-bond donors (Lipinski definition) is 3. The van der Waals surface area contributed by atoms with Gasteiger partial charge < -0.3 is 15.5 Å². The van der Waals surface area contributed by atoms with Crippen molar-refractivity contribution in [3.05, 3.63) is 35.9 Å². The monoisotopic (exact) mass is 235 g/mol. The Morgan fingerprint density at radius 1 is 1.29 bits per heavy atom. The molecular weight excluding hydrogens is 222 g/mol. The molecule has 1 aromatic carbocycles. The predicted octanol–water partition coefficient (Wildman–Crippen LogP) is 0.995. The summed E-state index contributed by atoms with van der Waals surface area (Å²) in [6.45, 7) is 1.38. The smallest absolute Gasteiger partial charge is 0.325 e. The van der Waals surface area contributed by atoms with Gasteiger partial charge in [0.1, 0.15) is 11.8 Å². The normalized spacial score (nSPS) is 12.3. The van der Waals surface area contributed by atoms with Crippen LogP contribution < -0.4 is 5.32 Å². The molecule has 0 radical (unpaired) electrons. The highest BCUT2D eigenvalue weighted by molar-refractivity contribution is 5.94. The standard InChI is InChI=1S/C12H13NO4/c1-8(12(16)17)13-11(15)7-4-9-2-5-10(14)6-3-9/h2-8,14H,1H3,(H,13,15)(H,16,17)/b7-4+. The first kappa shape index (κ1) is 12.8. The number of amides is 1. The Morgan fingerprint density at radius 3 is 2.41 bits per heavy atom. The summed E-state index contributed by atoms with van der Waals surface area (Å²) in [7, 11) is 0. The minimum absolute atomic E-state index is 0.145. The Labute approximate surface area is 98.4 Å². The number of nitrogens with one attached hydrogen (secondary N) is 1. The molecule has 1 atom stereocenters. The summed E-state index contributed by atoms with van der Waals surface area (Å²) in [6.07, 6.45) is 2.77. The van der Waals surface area contributed by atoms with Crippen molar-refractivity contribution in [1.29, 1.82) is 0 Å². The van der Waals surface area contributed by atoms with Gasteiger partial charge in [-0.2, -0.15) is 0 Å². The summed E-state index contributed by atoms with van der Waals surface area (Å²) in [4.78, 5) is 21.8. The van der Waals surface area contributed by atoms with Crippen molar-refractivity contribution in [1.82, 2.24) is 5.32 Å². The number of aliphatic carboxylic acids is 1. The lowest BCUT2D eigenvalue weighted by atomic mass is 10.2. The first-order valence-electron chi connectivity index (χ1n) is 4.99. The molecular formula is C12H13NO4. The Morgan fingerprint density at radius 2 is 1.88 bits per heavy atom. The van der Waals surface area contributed by atoms with E-state index in [4.69, 9.17) is 10.2 Å². The summed E-state index contributed by atoms with van der Waals surface area (Å²) < 4.78 is 0. The fraction of sp³-hybridized carbons (Fsp3) is 0.167. The average molecular weight is 235 g/mol. The van der Waals surface area contributed by atoms with Gasteiger partial charge in [0.05, 0.1) is 0 Å². The lowest BCUT2D eigenvalue weighted by molar-refractivity contribution is -0.140. The van der Waals surface area contributed by atoms with Crippen molar-refractivity contribution >= 4 is 18.0 Å². The summed E-state index contributed by atoms with van der Waals surface area (Å²) in [6, 6.07) is 5.35. The number of phenols is 1. The van der Waals surface area contributed by atoms with Crippen molar-refractivity contribution in [2.75, 3.05) is 0 Å². The number of carboxylic acid groups (broad SMARTS) is 1. The quantitative estimate of drug-likeness (QED) is 0.679. The summed E-state index contributed by atoms with van der Waals surface area (Å²) in [5, 5.41) is 19.9. The van der Waals surface area contributed by atoms with Crippen LogP contribution in [-0.4, -0.2) is 28.1 Å². The predicted molar refractivity (Wildman–Crippen MR) is 62.4 cm³/mol. The minimum Gasteiger partial charge on any atom is -0.508 e.